The smallest absolute Gasteiger partial charge is 0.303 e. The van der Waals surface area contributed by atoms with Crippen molar-refractivity contribution in [3.63, 3.8) is 0 Å². The lowest BCUT2D eigenvalue weighted by atomic mass is 9.96. The molecule has 0 aromatic carbocycles. The van der Waals surface area contributed by atoms with Gasteiger partial charge in [0.15, 0.2) is 55.5 Å². The number of ether oxygens (including phenoxy) is 24. The molecule has 18 atom stereocenters. The number of nitrogens with zero attached hydrogens (tertiary/aromatic N) is 2. The number of unbranched alkanes of at least 4 members (excludes halogenated alkanes) is 5. The average molecular weight is 2130 g/mol. The van der Waals surface area contributed by atoms with Crippen molar-refractivity contribution in [3.8, 4) is 6.07 Å². The Kier molecular flexibility index (Phi) is 69.3. The van der Waals surface area contributed by atoms with Gasteiger partial charge in [-0.2, -0.15) is 5.26 Å². The van der Waals surface area contributed by atoms with E-state index in [-0.39, 0.29) is 196 Å². The van der Waals surface area contributed by atoms with Crippen molar-refractivity contribution in [2.75, 3.05) is 191 Å². The molecule has 0 spiro atoms. The van der Waals surface area contributed by atoms with Gasteiger partial charge in [0.2, 0.25) is 47.3 Å². The zero-order valence-corrected chi connectivity index (χ0v) is 88.0. The Morgan fingerprint density at radius 1 is 0.313 bits per heavy atom. The van der Waals surface area contributed by atoms with Gasteiger partial charge in [-0.3, -0.25) is 81.5 Å². The van der Waals surface area contributed by atoms with Crippen LogP contribution in [0, 0.1) is 11.3 Å². The summed E-state index contributed by atoms with van der Waals surface area (Å²) in [6.45, 7) is 20.7. The van der Waals surface area contributed by atoms with Gasteiger partial charge in [0.1, 0.15) is 88.2 Å². The van der Waals surface area contributed by atoms with E-state index in [2.05, 4.69) is 53.3 Å². The zero-order chi connectivity index (χ0) is 109. The molecule has 0 aromatic heterocycles. The number of amides is 8. The first-order valence-electron chi connectivity index (χ1n) is 49.0. The van der Waals surface area contributed by atoms with Crippen molar-refractivity contribution in [2.24, 2.45) is 0 Å². The van der Waals surface area contributed by atoms with Crippen LogP contribution in [0.3, 0.4) is 0 Å². The molecule has 147 heavy (non-hydrogen) atoms. The van der Waals surface area contributed by atoms with Gasteiger partial charge in [0.05, 0.1) is 145 Å². The first-order chi connectivity index (χ1) is 70.1. The quantitative estimate of drug-likeness (QED) is 0.0167. The highest BCUT2D eigenvalue weighted by Crippen LogP contribution is 2.46. The van der Waals surface area contributed by atoms with E-state index in [4.69, 9.17) is 128 Å². The molecule has 3 aliphatic heterocycles. The Morgan fingerprint density at radius 3 is 0.912 bits per heavy atom. The van der Waals surface area contributed by atoms with Crippen molar-refractivity contribution in [2.45, 2.75) is 298 Å². The Morgan fingerprint density at radius 2 is 0.599 bits per heavy atom. The number of nitriles is 1. The summed E-state index contributed by atoms with van der Waals surface area (Å²) in [7, 11) is -1.44. The fourth-order valence-electron chi connectivity index (χ4n) is 14.7. The van der Waals surface area contributed by atoms with E-state index < -0.39 is 240 Å². The Labute approximate surface area is 857 Å². The molecule has 54 heteroatoms. The van der Waals surface area contributed by atoms with E-state index in [9.17, 15) is 81.5 Å². The Bertz CT molecular complexity index is 3980. The third kappa shape index (κ3) is 59.4. The first kappa shape index (κ1) is 131. The summed E-state index contributed by atoms with van der Waals surface area (Å²) in [6, 6.07) is -3.60. The summed E-state index contributed by atoms with van der Waals surface area (Å²) in [5.74, 6) is -11.2. The molecule has 0 aliphatic carbocycles. The van der Waals surface area contributed by atoms with Crippen molar-refractivity contribution in [1.29, 1.82) is 5.26 Å². The van der Waals surface area contributed by atoms with Crippen LogP contribution in [0.1, 0.15) is 181 Å². The molecule has 8 N–H and O–H groups in total. The molecule has 840 valence electrons. The van der Waals surface area contributed by atoms with Crippen LogP contribution in [0.15, 0.2) is 0 Å². The number of esters is 9. The highest BCUT2D eigenvalue weighted by atomic mass is 31.2. The standard InChI is InChI=1S/C93H155N10O43P/c1-58(2)103(59(3)4)147(137-33-25-28-94)136-32-24-18-17-21-31-97-89(119)72(26-19-22-29-95-77(116)55-127-43-40-121-34-37-124-46-49-130-91-80(98-60(5)104)86(141-69(14)113)83(138-66(11)110)74(144-91)52-133-63(8)107)102-90(120)73(101-79(118)57-129-45-42-123-36-39-126-48-51-132-93-82(100-62(7)106)88(143-71(16)115)85(140-68(13)112)76(146-93)54-135-65(10)109)27-20-23-30-96-78(117)56-128-44-41-122-35-38-125-47-50-131-92-81(99-61(6)105)87(142-70(15)114)84(139-67(12)111)75(145-92)53-134-64(9)108/h58-59,72-76,80-88,91-93H,17-27,29-57H2,1-16H3,(H,95,116)(H,96,117)(H,97,119)(H,98,104)(H,99,105)(H,100,106)(H,101,118)(H,102,120)/t72-,73-,74+,75+,76+,80+,81+,82+,83-,84-,85-,86+,87+,88+,91+,92+,93+,147?/m0/s1. The predicted octanol–water partition coefficient (Wildman–Crippen LogP) is -0.334. The number of carbonyl (C=O) groups is 17. The Balaban J connectivity index is 1.68. The summed E-state index contributed by atoms with van der Waals surface area (Å²) >= 11 is 0. The van der Waals surface area contributed by atoms with Crippen LogP contribution in [0.4, 0.5) is 0 Å². The second-order valence-corrected chi connectivity index (χ2v) is 35.5. The topological polar surface area (TPSA) is 653 Å². The van der Waals surface area contributed by atoms with Gasteiger partial charge in [-0.25, -0.2) is 4.67 Å². The van der Waals surface area contributed by atoms with Gasteiger partial charge in [0.25, 0.3) is 8.53 Å². The van der Waals surface area contributed by atoms with Crippen molar-refractivity contribution in [1.82, 2.24) is 47.2 Å². The molecule has 3 heterocycles. The molecule has 3 saturated heterocycles. The molecule has 0 radical (unpaired) electrons. The molecular formula is C93H155N10O43P. The van der Waals surface area contributed by atoms with Crippen molar-refractivity contribution in [3.05, 3.63) is 0 Å². The number of carbonyl (C=O) groups excluding carboxylic acids is 17. The summed E-state index contributed by atoms with van der Waals surface area (Å²) in [6.07, 6.45) is -11.1. The van der Waals surface area contributed by atoms with Gasteiger partial charge in [-0.05, 0) is 79.1 Å². The summed E-state index contributed by atoms with van der Waals surface area (Å²) < 4.78 is 149. The normalized spacial score (nSPS) is 21.2. The van der Waals surface area contributed by atoms with E-state index in [0.717, 1.165) is 68.7 Å². The number of rotatable bonds is 79. The van der Waals surface area contributed by atoms with E-state index in [1.165, 1.54) is 20.8 Å². The van der Waals surface area contributed by atoms with Gasteiger partial charge < -0.3 is 165 Å². The molecule has 0 saturated carbocycles. The number of hydrogen-bond donors (Lipinski definition) is 8. The van der Waals surface area contributed by atoms with Gasteiger partial charge in [-0.1, -0.05) is 12.8 Å². The minimum atomic E-state index is -1.44. The molecule has 53 nitrogen and oxygen atoms in total. The SMILES string of the molecule is CC(=O)N[C@H]1[C@H](OCCOCCOCCOCC(=O)NCCCC[C@H](NC(=O)COCCOCCOCCO[C@@H]2O[C@H](COC(C)=O)[C@H](OC(C)=O)[C@H](OC(C)=O)[C@H]2NC(C)=O)C(=O)N[C@@H](CCCCNC(=O)COCCOCCOCCO[C@@H]2O[C@H](COC(C)=O)[C@H](OC(C)=O)[C@H](OC(C)=O)[C@H]2NC(C)=O)C(=O)NCCCCCCOP(OCCC#N)N(C(C)C)C(C)C)O[C@H](COC(C)=O)[C@H](OC(C)=O)[C@@H]1OC(C)=O. The predicted molar refractivity (Wildman–Crippen MR) is 507 cm³/mol. The fourth-order valence-corrected chi connectivity index (χ4v) is 16.3. The summed E-state index contributed by atoms with van der Waals surface area (Å²) in [4.78, 5) is 214. The minimum absolute atomic E-state index is 0.00662. The third-order valence-electron chi connectivity index (χ3n) is 20.7. The van der Waals surface area contributed by atoms with Crippen LogP contribution < -0.4 is 42.5 Å². The van der Waals surface area contributed by atoms with Crippen LogP contribution >= 0.6 is 8.53 Å². The maximum absolute atomic E-state index is 14.6. The number of nitrogens with one attached hydrogen (secondary N) is 8. The van der Waals surface area contributed by atoms with Gasteiger partial charge >= 0.3 is 53.7 Å². The lowest BCUT2D eigenvalue weighted by molar-refractivity contribution is -0.279. The zero-order valence-electron chi connectivity index (χ0n) is 87.2. The summed E-state index contributed by atoms with van der Waals surface area (Å²) in [5.41, 5.74) is 0. The summed E-state index contributed by atoms with van der Waals surface area (Å²) in [5, 5.41) is 31.1. The van der Waals surface area contributed by atoms with E-state index in [0.29, 0.717) is 45.1 Å². The Hall–Kier alpha value is -9.81. The average Bonchev–Trinajstić information content (AvgIpc) is 0.792. The largest absolute Gasteiger partial charge is 0.463 e. The van der Waals surface area contributed by atoms with Crippen LogP contribution in [0.25, 0.3) is 0 Å². The maximum atomic E-state index is 14.6. The van der Waals surface area contributed by atoms with Gasteiger partial charge in [0, 0.05) is 115 Å². The fraction of sp³-hybridized carbons (Fsp3) is 0.806. The molecule has 3 rings (SSSR count). The monoisotopic (exact) mass is 2130 g/mol. The van der Waals surface area contributed by atoms with Gasteiger partial charge in [-0.15, -0.1) is 0 Å². The second kappa shape index (κ2) is 77.5. The van der Waals surface area contributed by atoms with E-state index in [1.54, 1.807) is 0 Å². The molecule has 1 unspecified atom stereocenters. The van der Waals surface area contributed by atoms with Crippen LogP contribution in [0.5, 0.6) is 0 Å². The molecule has 0 aromatic rings. The van der Waals surface area contributed by atoms with E-state index in [1.807, 2.05) is 27.7 Å². The first-order valence-corrected chi connectivity index (χ1v) is 50.1. The van der Waals surface area contributed by atoms with Crippen LogP contribution in [0.2, 0.25) is 0 Å². The lowest BCUT2D eigenvalue weighted by Gasteiger charge is -2.44. The highest BCUT2D eigenvalue weighted by molar-refractivity contribution is 7.44. The molecular weight excluding hydrogens is 1980 g/mol. The number of hydrogen-bond acceptors (Lipinski definition) is 45. The molecule has 3 fully saturated rings. The highest BCUT2D eigenvalue weighted by Gasteiger charge is 2.55. The molecule has 0 bridgehead atoms. The maximum Gasteiger partial charge on any atom is 0.303 e. The van der Waals surface area contributed by atoms with Crippen LogP contribution in [-0.2, 0) is 204 Å². The second-order valence-electron chi connectivity index (χ2n) is 34.1. The lowest BCUT2D eigenvalue weighted by Crippen LogP contribution is -2.66. The minimum Gasteiger partial charge on any atom is -0.463 e. The third-order valence-corrected chi connectivity index (χ3v) is 22.8. The molecule has 3 aliphatic rings. The van der Waals surface area contributed by atoms with E-state index >= 15 is 0 Å². The molecule has 8 amide bonds. The van der Waals surface area contributed by atoms with Crippen LogP contribution in [-0.4, -0.2) is 413 Å². The van der Waals surface area contributed by atoms with Crippen molar-refractivity contribution < 1.29 is 204 Å². The van der Waals surface area contributed by atoms with Crippen molar-refractivity contribution >= 4 is 110 Å².